The first-order chi connectivity index (χ1) is 20.8. The van der Waals surface area contributed by atoms with Crippen molar-refractivity contribution >= 4 is 5.69 Å². The van der Waals surface area contributed by atoms with Crippen LogP contribution in [0.5, 0.6) is 0 Å². The van der Waals surface area contributed by atoms with E-state index in [4.69, 9.17) is 1.37 Å². The third-order valence-electron chi connectivity index (χ3n) is 9.43. The van der Waals surface area contributed by atoms with E-state index in [1.165, 1.54) is 192 Å². The molecule has 0 spiro atoms. The van der Waals surface area contributed by atoms with E-state index < -0.39 is 0 Å². The highest BCUT2D eigenvalue weighted by molar-refractivity contribution is 5.41. The van der Waals surface area contributed by atoms with E-state index in [9.17, 15) is 0 Å². The third-order valence-corrected chi connectivity index (χ3v) is 9.43. The first-order valence-corrected chi connectivity index (χ1v) is 19.0. The summed E-state index contributed by atoms with van der Waals surface area (Å²) in [4.78, 5) is 0. The molecule has 1 aromatic rings. The maximum Gasteiger partial charge on any atom is 0.132 e. The van der Waals surface area contributed by atoms with E-state index in [0.29, 0.717) is 7.02 Å². The second-order valence-corrected chi connectivity index (χ2v) is 13.5. The van der Waals surface area contributed by atoms with Crippen LogP contribution in [0.1, 0.15) is 201 Å². The molecule has 0 saturated carbocycles. The summed E-state index contributed by atoms with van der Waals surface area (Å²) in [5.74, 6) is 0. The number of rotatable bonds is 32. The molecule has 0 bridgehead atoms. The van der Waals surface area contributed by atoms with Crippen LogP contribution in [0.15, 0.2) is 30.3 Å². The minimum atomic E-state index is 0.487. The molecule has 0 N–H and O–H groups in total. The van der Waals surface area contributed by atoms with Gasteiger partial charge in [-0.15, -0.1) is 0 Å². The fourth-order valence-corrected chi connectivity index (χ4v) is 6.51. The van der Waals surface area contributed by atoms with Crippen LogP contribution >= 0.6 is 0 Å². The normalized spacial score (nSPS) is 13.4. The van der Waals surface area contributed by atoms with E-state index in [1.807, 2.05) is 0 Å². The van der Waals surface area contributed by atoms with Crippen molar-refractivity contribution in [2.75, 3.05) is 20.1 Å². The fourth-order valence-electron chi connectivity index (χ4n) is 6.51. The van der Waals surface area contributed by atoms with Crippen LogP contribution in [-0.4, -0.2) is 20.1 Å². The third kappa shape index (κ3) is 23.3. The minimum Gasteiger partial charge on any atom is -0.294 e. The molecule has 41 heavy (non-hydrogen) atoms. The average Bonchev–Trinajstić information content (AvgIpc) is 3.02. The van der Waals surface area contributed by atoms with Crippen molar-refractivity contribution < 1.29 is 1.37 Å². The molecule has 1 unspecified atom stereocenters. The molecule has 1 atom stereocenters. The van der Waals surface area contributed by atoms with Crippen LogP contribution in [0.2, 0.25) is 0 Å². The fraction of sp³-hybridized carbons (Fsp3) is 0.850. The lowest BCUT2D eigenvalue weighted by Gasteiger charge is -2.34. The Morgan fingerprint density at radius 2 is 0.659 bits per heavy atom. The number of unbranched alkanes of at least 4 members (excludes halogenated alkanes) is 27. The second kappa shape index (κ2) is 29.3. The summed E-state index contributed by atoms with van der Waals surface area (Å²) in [7, 11) is 0.487. The van der Waals surface area contributed by atoms with Crippen LogP contribution < -0.4 is 4.48 Å². The molecule has 0 fully saturated rings. The van der Waals surface area contributed by atoms with Gasteiger partial charge < -0.3 is 0 Å². The summed E-state index contributed by atoms with van der Waals surface area (Å²) in [5.41, 5.74) is 1.37. The van der Waals surface area contributed by atoms with Gasteiger partial charge in [-0.25, -0.2) is 0 Å². The topological polar surface area (TPSA) is 0 Å². The molecular formula is C40H76N+. The number of hydrogen-bond donors (Lipinski definition) is 0. The molecule has 240 valence electrons. The zero-order valence-corrected chi connectivity index (χ0v) is 28.5. The molecule has 1 heteroatoms. The van der Waals surface area contributed by atoms with Gasteiger partial charge in [-0.3, -0.25) is 4.48 Å². The second-order valence-electron chi connectivity index (χ2n) is 13.5. The Labute approximate surface area is 261 Å². The quantitative estimate of drug-likeness (QED) is 0.0596. The number of benzene rings is 1. The Morgan fingerprint density at radius 3 is 0.927 bits per heavy atom. The van der Waals surface area contributed by atoms with Gasteiger partial charge >= 0.3 is 0 Å². The van der Waals surface area contributed by atoms with Crippen LogP contribution in [0.3, 0.4) is 0 Å². The van der Waals surface area contributed by atoms with Gasteiger partial charge in [-0.1, -0.05) is 193 Å². The zero-order chi connectivity index (χ0) is 30.2. The predicted molar refractivity (Wildman–Crippen MR) is 189 cm³/mol. The Kier molecular flexibility index (Phi) is 26.0. The Morgan fingerprint density at radius 1 is 0.390 bits per heavy atom. The Balaban J connectivity index is 2.12. The SMILES string of the molecule is [2H]C[N+](CCCCCCCCCCCCCC)(CCCCCCCCCCCCCCCCCCC)c1ccccc1. The largest absolute Gasteiger partial charge is 0.294 e. The standard InChI is InChI=1S/C40H76N/c1-4-6-8-10-12-14-16-18-19-20-21-22-24-26-28-30-35-39-41(3,40-36-32-31-33-37-40)38-34-29-27-25-23-17-15-13-11-9-7-5-2/h31-33,36-37H,4-30,34-35,38-39H2,1-3H3/q+1/i3D. The van der Waals surface area contributed by atoms with E-state index >= 15 is 0 Å². The molecule has 1 nitrogen and oxygen atoms in total. The van der Waals surface area contributed by atoms with Gasteiger partial charge in [0.15, 0.2) is 0 Å². The Hall–Kier alpha value is -0.820. The molecule has 0 radical (unpaired) electrons. The summed E-state index contributed by atoms with van der Waals surface area (Å²) in [6.45, 7) is 6.89. The van der Waals surface area contributed by atoms with Crippen molar-refractivity contribution in [3.8, 4) is 0 Å². The summed E-state index contributed by atoms with van der Waals surface area (Å²) in [6, 6.07) is 11.0. The van der Waals surface area contributed by atoms with Crippen LogP contribution in [0, 0.1) is 0 Å². The lowest BCUT2D eigenvalue weighted by molar-refractivity contribution is 0.310. The van der Waals surface area contributed by atoms with Gasteiger partial charge in [0.1, 0.15) is 5.69 Å². The number of hydrogen-bond acceptors (Lipinski definition) is 0. The molecular weight excluding hydrogens is 494 g/mol. The van der Waals surface area contributed by atoms with Crippen molar-refractivity contribution in [2.24, 2.45) is 0 Å². The van der Waals surface area contributed by atoms with Crippen molar-refractivity contribution in [3.05, 3.63) is 30.3 Å². The average molecular weight is 572 g/mol. The lowest BCUT2D eigenvalue weighted by atomic mass is 10.0. The number of quaternary nitrogens is 1. The van der Waals surface area contributed by atoms with Crippen molar-refractivity contribution in [2.45, 2.75) is 200 Å². The number of nitrogens with zero attached hydrogens (tertiary/aromatic N) is 1. The maximum atomic E-state index is 8.57. The van der Waals surface area contributed by atoms with E-state index in [2.05, 4.69) is 44.2 Å². The van der Waals surface area contributed by atoms with Gasteiger partial charge in [-0.2, -0.15) is 0 Å². The summed E-state index contributed by atoms with van der Waals surface area (Å²) >= 11 is 0. The van der Waals surface area contributed by atoms with E-state index in [0.717, 1.165) is 17.6 Å². The predicted octanol–water partition coefficient (Wildman–Crippen LogP) is 14.0. The number of para-hydroxylation sites is 1. The summed E-state index contributed by atoms with van der Waals surface area (Å²) in [5, 5.41) is 0. The molecule has 0 aliphatic heterocycles. The van der Waals surface area contributed by atoms with Gasteiger partial charge in [0.2, 0.25) is 0 Å². The first-order valence-electron chi connectivity index (χ1n) is 19.7. The highest BCUT2D eigenvalue weighted by Gasteiger charge is 2.23. The molecule has 0 heterocycles. The van der Waals surface area contributed by atoms with Gasteiger partial charge in [0, 0.05) is 0 Å². The summed E-state index contributed by atoms with van der Waals surface area (Å²) in [6.07, 6.45) is 40.9. The molecule has 1 rings (SSSR count). The van der Waals surface area contributed by atoms with Crippen LogP contribution in [0.4, 0.5) is 5.69 Å². The van der Waals surface area contributed by atoms with Crippen molar-refractivity contribution in [1.82, 2.24) is 4.48 Å². The van der Waals surface area contributed by atoms with Gasteiger partial charge in [-0.05, 0) is 37.8 Å². The smallest absolute Gasteiger partial charge is 0.132 e. The molecule has 1 aromatic carbocycles. The van der Waals surface area contributed by atoms with Crippen molar-refractivity contribution in [1.29, 1.82) is 0 Å². The minimum absolute atomic E-state index is 0.487. The zero-order valence-electron chi connectivity index (χ0n) is 29.5. The van der Waals surface area contributed by atoms with Crippen molar-refractivity contribution in [3.63, 3.8) is 0 Å². The van der Waals surface area contributed by atoms with E-state index in [-0.39, 0.29) is 0 Å². The highest BCUT2D eigenvalue weighted by Crippen LogP contribution is 2.24. The molecule has 0 aromatic heterocycles. The summed E-state index contributed by atoms with van der Waals surface area (Å²) < 4.78 is 9.44. The van der Waals surface area contributed by atoms with Gasteiger partial charge in [0.05, 0.1) is 21.5 Å². The Bertz CT molecular complexity index is 646. The monoisotopic (exact) mass is 572 g/mol. The first kappa shape index (κ1) is 36.4. The van der Waals surface area contributed by atoms with Gasteiger partial charge in [0.25, 0.3) is 0 Å². The van der Waals surface area contributed by atoms with E-state index in [1.54, 1.807) is 0 Å². The van der Waals surface area contributed by atoms with Crippen LogP contribution in [-0.2, 0) is 0 Å². The molecule has 0 saturated heterocycles. The molecule has 0 aliphatic rings. The lowest BCUT2D eigenvalue weighted by Crippen LogP contribution is -2.46. The maximum absolute atomic E-state index is 8.57. The molecule has 0 amide bonds. The highest BCUT2D eigenvalue weighted by atomic mass is 15.3. The van der Waals surface area contributed by atoms with Crippen LogP contribution in [0.25, 0.3) is 0 Å². The molecule has 0 aliphatic carbocycles.